The average molecular weight is 476 g/mol. The molecule has 0 aliphatic carbocycles. The molecule has 2 aromatic carbocycles. The van der Waals surface area contributed by atoms with Gasteiger partial charge in [0.05, 0.1) is 29.4 Å². The number of nitrogens with one attached hydrogen (secondary N) is 1. The third-order valence-electron chi connectivity index (χ3n) is 4.83. The Bertz CT molecular complexity index is 1350. The number of aromatic nitrogens is 2. The number of ether oxygens (including phenoxy) is 2. The van der Waals surface area contributed by atoms with E-state index in [4.69, 9.17) is 9.47 Å². The first-order chi connectivity index (χ1) is 16.5. The van der Waals surface area contributed by atoms with Crippen LogP contribution in [-0.2, 0) is 14.3 Å². The molecule has 0 aliphatic rings. The Labute approximate surface area is 199 Å². The number of hydrogen-bond acceptors (Lipinski definition) is 8. The number of carbonyl (C=O) groups excluding carboxylic acids is 3. The van der Waals surface area contributed by atoms with Gasteiger partial charge in [-0.3, -0.25) is 9.78 Å². The molecule has 0 spiro atoms. The number of thiophene rings is 1. The Kier molecular flexibility index (Phi) is 6.93. The lowest BCUT2D eigenvalue weighted by atomic mass is 10.1. The summed E-state index contributed by atoms with van der Waals surface area (Å²) in [7, 11) is 0. The van der Waals surface area contributed by atoms with Crippen LogP contribution in [0.15, 0.2) is 66.9 Å². The molecule has 1 amide bonds. The van der Waals surface area contributed by atoms with Gasteiger partial charge in [0.2, 0.25) is 0 Å². The zero-order valence-corrected chi connectivity index (χ0v) is 19.3. The van der Waals surface area contributed by atoms with Crippen LogP contribution in [0, 0.1) is 0 Å². The van der Waals surface area contributed by atoms with Gasteiger partial charge in [-0.25, -0.2) is 14.6 Å². The van der Waals surface area contributed by atoms with Gasteiger partial charge in [0.15, 0.2) is 11.8 Å². The second-order valence-electron chi connectivity index (χ2n) is 7.22. The number of esters is 2. The summed E-state index contributed by atoms with van der Waals surface area (Å²) in [5.41, 5.74) is 2.31. The second-order valence-corrected chi connectivity index (χ2v) is 8.27. The number of para-hydroxylation sites is 2. The van der Waals surface area contributed by atoms with Crippen LogP contribution in [0.2, 0.25) is 0 Å². The van der Waals surface area contributed by atoms with E-state index in [9.17, 15) is 14.4 Å². The molecule has 2 heterocycles. The minimum absolute atomic E-state index is 0.00644. The van der Waals surface area contributed by atoms with Gasteiger partial charge < -0.3 is 14.8 Å². The van der Waals surface area contributed by atoms with Crippen LogP contribution in [-0.4, -0.2) is 40.5 Å². The lowest BCUT2D eigenvalue weighted by Crippen LogP contribution is -2.30. The van der Waals surface area contributed by atoms with Crippen molar-refractivity contribution < 1.29 is 23.9 Å². The molecule has 2 aromatic heterocycles. The van der Waals surface area contributed by atoms with E-state index in [0.29, 0.717) is 16.0 Å². The summed E-state index contributed by atoms with van der Waals surface area (Å²) in [4.78, 5) is 47.0. The number of nitrogens with zero attached hydrogens (tertiary/aromatic N) is 2. The fourth-order valence-electron chi connectivity index (χ4n) is 3.13. The van der Waals surface area contributed by atoms with E-state index in [1.54, 1.807) is 31.2 Å². The van der Waals surface area contributed by atoms with Crippen LogP contribution in [0.25, 0.3) is 21.5 Å². The van der Waals surface area contributed by atoms with Crippen molar-refractivity contribution in [1.29, 1.82) is 0 Å². The van der Waals surface area contributed by atoms with E-state index in [1.807, 2.05) is 36.4 Å². The summed E-state index contributed by atoms with van der Waals surface area (Å²) in [6.07, 6.45) is 0.164. The van der Waals surface area contributed by atoms with Crippen molar-refractivity contribution in [3.05, 3.63) is 78.1 Å². The van der Waals surface area contributed by atoms with Crippen molar-refractivity contribution in [2.24, 2.45) is 0 Å². The average Bonchev–Trinajstić information content (AvgIpc) is 3.28. The number of amides is 1. The van der Waals surface area contributed by atoms with Crippen LogP contribution in [0.3, 0.4) is 0 Å². The summed E-state index contributed by atoms with van der Waals surface area (Å²) >= 11 is 1.23. The Balaban J connectivity index is 1.50. The molecule has 0 bridgehead atoms. The number of anilines is 1. The highest BCUT2D eigenvalue weighted by molar-refractivity contribution is 7.20. The number of fused-ring (bicyclic) bond motifs is 1. The first kappa shape index (κ1) is 23.1. The predicted octanol–water partition coefficient (Wildman–Crippen LogP) is 4.72. The van der Waals surface area contributed by atoms with Gasteiger partial charge in [0.25, 0.3) is 5.91 Å². The van der Waals surface area contributed by atoms with Crippen LogP contribution >= 0.6 is 11.3 Å². The molecule has 0 saturated heterocycles. The van der Waals surface area contributed by atoms with Gasteiger partial charge in [-0.1, -0.05) is 42.5 Å². The Hall–Kier alpha value is -4.11. The van der Waals surface area contributed by atoms with E-state index in [-0.39, 0.29) is 17.9 Å². The predicted molar refractivity (Wildman–Crippen MR) is 129 cm³/mol. The molecule has 34 heavy (non-hydrogen) atoms. The first-order valence-electron chi connectivity index (χ1n) is 10.6. The van der Waals surface area contributed by atoms with Crippen molar-refractivity contribution in [2.45, 2.75) is 20.0 Å². The third kappa shape index (κ3) is 5.10. The minimum Gasteiger partial charge on any atom is -0.462 e. The van der Waals surface area contributed by atoms with Crippen LogP contribution < -0.4 is 5.32 Å². The zero-order chi connectivity index (χ0) is 24.1. The molecule has 4 aromatic rings. The monoisotopic (exact) mass is 475 g/mol. The Morgan fingerprint density at radius 3 is 2.44 bits per heavy atom. The molecule has 9 heteroatoms. The molecule has 0 radical (unpaired) electrons. The lowest BCUT2D eigenvalue weighted by Gasteiger charge is -2.13. The molecule has 0 aliphatic heterocycles. The number of carbonyl (C=O) groups is 3. The number of benzene rings is 2. The summed E-state index contributed by atoms with van der Waals surface area (Å²) < 4.78 is 10.4. The van der Waals surface area contributed by atoms with Gasteiger partial charge in [-0.05, 0) is 37.6 Å². The van der Waals surface area contributed by atoms with Crippen molar-refractivity contribution >= 4 is 45.2 Å². The molecule has 0 saturated carbocycles. The first-order valence-corrected chi connectivity index (χ1v) is 11.4. The molecule has 0 fully saturated rings. The normalized spacial score (nSPS) is 11.6. The van der Waals surface area contributed by atoms with Gasteiger partial charge in [0.1, 0.15) is 5.00 Å². The van der Waals surface area contributed by atoms with Crippen molar-refractivity contribution in [2.75, 3.05) is 11.9 Å². The van der Waals surface area contributed by atoms with E-state index >= 15 is 0 Å². The summed E-state index contributed by atoms with van der Waals surface area (Å²) in [6, 6.07) is 18.3. The van der Waals surface area contributed by atoms with Gasteiger partial charge >= 0.3 is 11.9 Å². The van der Waals surface area contributed by atoms with Crippen LogP contribution in [0.5, 0.6) is 0 Å². The van der Waals surface area contributed by atoms with Crippen LogP contribution in [0.4, 0.5) is 5.00 Å². The maximum Gasteiger partial charge on any atom is 0.359 e. The number of rotatable bonds is 7. The standard InChI is InChI=1S/C25H21N3O5S/c1-3-32-24(30)17-13-21(16-9-5-4-6-10-16)34-23(17)28-22(29)15(2)33-25(31)20-14-26-18-11-7-8-12-19(18)27-20/h4-15H,3H2,1-2H3,(H,28,29). The Morgan fingerprint density at radius 1 is 1.00 bits per heavy atom. The molecule has 4 rings (SSSR count). The minimum atomic E-state index is -1.14. The SMILES string of the molecule is CCOC(=O)c1cc(-c2ccccc2)sc1NC(=O)C(C)OC(=O)c1cnc2ccccc2n1. The van der Waals surface area contributed by atoms with E-state index in [0.717, 1.165) is 10.4 Å². The molecular weight excluding hydrogens is 454 g/mol. The van der Waals surface area contributed by atoms with Crippen molar-refractivity contribution in [3.8, 4) is 10.4 Å². The molecule has 8 nitrogen and oxygen atoms in total. The number of hydrogen-bond donors (Lipinski definition) is 1. The highest BCUT2D eigenvalue weighted by Gasteiger charge is 2.24. The summed E-state index contributed by atoms with van der Waals surface area (Å²) in [5, 5.41) is 3.01. The van der Waals surface area contributed by atoms with Crippen molar-refractivity contribution in [1.82, 2.24) is 9.97 Å². The van der Waals surface area contributed by atoms with Gasteiger partial charge in [-0.15, -0.1) is 11.3 Å². The Morgan fingerprint density at radius 2 is 1.71 bits per heavy atom. The van der Waals surface area contributed by atoms with E-state index in [2.05, 4.69) is 15.3 Å². The van der Waals surface area contributed by atoms with Gasteiger partial charge in [0, 0.05) is 4.88 Å². The molecule has 1 atom stereocenters. The fraction of sp³-hybridized carbons (Fsp3) is 0.160. The maximum atomic E-state index is 12.8. The summed E-state index contributed by atoms with van der Waals surface area (Å²) in [5.74, 6) is -1.91. The highest BCUT2D eigenvalue weighted by Crippen LogP contribution is 2.36. The topological polar surface area (TPSA) is 107 Å². The largest absolute Gasteiger partial charge is 0.462 e. The fourth-order valence-corrected chi connectivity index (χ4v) is 4.19. The van der Waals surface area contributed by atoms with E-state index in [1.165, 1.54) is 24.5 Å². The summed E-state index contributed by atoms with van der Waals surface area (Å²) in [6.45, 7) is 3.35. The van der Waals surface area contributed by atoms with Crippen LogP contribution in [0.1, 0.15) is 34.7 Å². The third-order valence-corrected chi connectivity index (χ3v) is 5.93. The zero-order valence-electron chi connectivity index (χ0n) is 18.5. The van der Waals surface area contributed by atoms with Crippen molar-refractivity contribution in [3.63, 3.8) is 0 Å². The quantitative estimate of drug-likeness (QED) is 0.385. The maximum absolute atomic E-state index is 12.8. The molecule has 172 valence electrons. The smallest absolute Gasteiger partial charge is 0.359 e. The molecule has 1 unspecified atom stereocenters. The lowest BCUT2D eigenvalue weighted by molar-refractivity contribution is -0.123. The highest BCUT2D eigenvalue weighted by atomic mass is 32.1. The molecular formula is C25H21N3O5S. The van der Waals surface area contributed by atoms with Gasteiger partial charge in [-0.2, -0.15) is 0 Å². The second kappa shape index (κ2) is 10.2. The molecule has 1 N–H and O–H groups in total. The van der Waals surface area contributed by atoms with E-state index < -0.39 is 23.9 Å².